The molecular weight excluding hydrogens is 221 g/mol. The van der Waals surface area contributed by atoms with Crippen molar-refractivity contribution in [2.75, 3.05) is 12.8 Å². The van der Waals surface area contributed by atoms with E-state index in [1.54, 1.807) is 12.1 Å². The van der Waals surface area contributed by atoms with Gasteiger partial charge < -0.3 is 5.32 Å². The molecule has 0 saturated heterocycles. The van der Waals surface area contributed by atoms with Gasteiger partial charge in [-0.3, -0.25) is 0 Å². The van der Waals surface area contributed by atoms with E-state index in [-0.39, 0.29) is 5.82 Å². The van der Waals surface area contributed by atoms with Crippen LogP contribution in [-0.4, -0.2) is 24.1 Å². The molecule has 1 nitrogen and oxygen atoms in total. The Morgan fingerprint density at radius 3 is 2.75 bits per heavy atom. The van der Waals surface area contributed by atoms with Crippen LogP contribution >= 0.6 is 11.8 Å². The summed E-state index contributed by atoms with van der Waals surface area (Å²) in [7, 11) is 0. The molecule has 0 heterocycles. The molecule has 0 aromatic heterocycles. The Bertz CT molecular complexity index is 317. The molecule has 0 aliphatic rings. The molecule has 90 valence electrons. The first-order valence-corrected chi connectivity index (χ1v) is 6.91. The standard InChI is InChI=1S/C13H20FNS/c1-10(15-9-11(2)16-3)7-12-5-4-6-13(14)8-12/h4-6,8,10-11,15H,7,9H2,1-3H3. The van der Waals surface area contributed by atoms with Gasteiger partial charge in [0, 0.05) is 17.8 Å². The average molecular weight is 241 g/mol. The summed E-state index contributed by atoms with van der Waals surface area (Å²) in [6, 6.07) is 7.21. The Hall–Kier alpha value is -0.540. The van der Waals surface area contributed by atoms with Gasteiger partial charge in [0.2, 0.25) is 0 Å². The van der Waals surface area contributed by atoms with Crippen LogP contribution in [0.15, 0.2) is 24.3 Å². The highest BCUT2D eigenvalue weighted by molar-refractivity contribution is 7.99. The minimum absolute atomic E-state index is 0.151. The molecule has 2 atom stereocenters. The van der Waals surface area contributed by atoms with Crippen molar-refractivity contribution in [3.05, 3.63) is 35.6 Å². The van der Waals surface area contributed by atoms with Crippen molar-refractivity contribution >= 4 is 11.8 Å². The maximum Gasteiger partial charge on any atom is 0.123 e. The van der Waals surface area contributed by atoms with Crippen molar-refractivity contribution in [1.29, 1.82) is 0 Å². The van der Waals surface area contributed by atoms with E-state index in [4.69, 9.17) is 0 Å². The van der Waals surface area contributed by atoms with Crippen molar-refractivity contribution in [1.82, 2.24) is 5.32 Å². The van der Waals surface area contributed by atoms with Crippen LogP contribution in [0.4, 0.5) is 4.39 Å². The van der Waals surface area contributed by atoms with Crippen LogP contribution in [0, 0.1) is 5.82 Å². The fourth-order valence-electron chi connectivity index (χ4n) is 1.54. The SMILES string of the molecule is CSC(C)CNC(C)Cc1cccc(F)c1. The molecule has 0 amide bonds. The molecule has 0 bridgehead atoms. The van der Waals surface area contributed by atoms with E-state index in [1.807, 2.05) is 17.8 Å². The van der Waals surface area contributed by atoms with Gasteiger partial charge in [-0.05, 0) is 37.3 Å². The monoisotopic (exact) mass is 241 g/mol. The van der Waals surface area contributed by atoms with Gasteiger partial charge in [0.25, 0.3) is 0 Å². The van der Waals surface area contributed by atoms with E-state index < -0.39 is 0 Å². The quantitative estimate of drug-likeness (QED) is 0.821. The van der Waals surface area contributed by atoms with E-state index in [9.17, 15) is 4.39 Å². The lowest BCUT2D eigenvalue weighted by Gasteiger charge is -2.16. The lowest BCUT2D eigenvalue weighted by molar-refractivity contribution is 0.545. The van der Waals surface area contributed by atoms with Crippen LogP contribution in [0.1, 0.15) is 19.4 Å². The van der Waals surface area contributed by atoms with Gasteiger partial charge in [0.05, 0.1) is 0 Å². The summed E-state index contributed by atoms with van der Waals surface area (Å²) >= 11 is 1.85. The molecule has 0 saturated carbocycles. The van der Waals surface area contributed by atoms with Crippen LogP contribution in [0.3, 0.4) is 0 Å². The number of benzene rings is 1. The molecule has 0 fully saturated rings. The van der Waals surface area contributed by atoms with E-state index in [2.05, 4.69) is 25.4 Å². The van der Waals surface area contributed by atoms with E-state index >= 15 is 0 Å². The Balaban J connectivity index is 2.36. The topological polar surface area (TPSA) is 12.0 Å². The highest BCUT2D eigenvalue weighted by Gasteiger charge is 2.05. The molecule has 1 N–H and O–H groups in total. The molecule has 2 unspecified atom stereocenters. The number of hydrogen-bond donors (Lipinski definition) is 1. The maximum absolute atomic E-state index is 13.0. The summed E-state index contributed by atoms with van der Waals surface area (Å²) in [5, 5.41) is 4.08. The number of thioether (sulfide) groups is 1. The van der Waals surface area contributed by atoms with Gasteiger partial charge in [0.15, 0.2) is 0 Å². The van der Waals surface area contributed by atoms with Crippen molar-refractivity contribution in [3.63, 3.8) is 0 Å². The van der Waals surface area contributed by atoms with Gasteiger partial charge in [-0.15, -0.1) is 0 Å². The second kappa shape index (κ2) is 6.92. The second-order valence-electron chi connectivity index (χ2n) is 4.19. The number of rotatable bonds is 6. The summed E-state index contributed by atoms with van der Waals surface area (Å²) in [5.41, 5.74) is 1.05. The molecule has 1 rings (SSSR count). The maximum atomic E-state index is 13.0. The average Bonchev–Trinajstić information content (AvgIpc) is 2.26. The third kappa shape index (κ3) is 4.99. The third-order valence-electron chi connectivity index (χ3n) is 2.59. The predicted octanol–water partition coefficient (Wildman–Crippen LogP) is 3.10. The third-order valence-corrected chi connectivity index (χ3v) is 3.56. The van der Waals surface area contributed by atoms with Crippen LogP contribution < -0.4 is 5.32 Å². The fourth-order valence-corrected chi connectivity index (χ4v) is 1.80. The lowest BCUT2D eigenvalue weighted by Crippen LogP contribution is -2.32. The molecule has 1 aromatic rings. The highest BCUT2D eigenvalue weighted by Crippen LogP contribution is 2.07. The largest absolute Gasteiger partial charge is 0.313 e. The minimum atomic E-state index is -0.151. The molecule has 16 heavy (non-hydrogen) atoms. The van der Waals surface area contributed by atoms with E-state index in [1.165, 1.54) is 6.07 Å². The summed E-state index contributed by atoms with van der Waals surface area (Å²) < 4.78 is 13.0. The number of hydrogen-bond acceptors (Lipinski definition) is 2. The first-order valence-electron chi connectivity index (χ1n) is 5.62. The summed E-state index contributed by atoms with van der Waals surface area (Å²) in [5.74, 6) is -0.151. The van der Waals surface area contributed by atoms with Gasteiger partial charge in [-0.25, -0.2) is 4.39 Å². The smallest absolute Gasteiger partial charge is 0.123 e. The zero-order valence-corrected chi connectivity index (χ0v) is 11.0. The van der Waals surface area contributed by atoms with Crippen molar-refractivity contribution < 1.29 is 4.39 Å². The van der Waals surface area contributed by atoms with Gasteiger partial charge in [0.1, 0.15) is 5.82 Å². The Labute approximate surface area is 102 Å². The molecule has 3 heteroatoms. The van der Waals surface area contributed by atoms with E-state index in [0.717, 1.165) is 18.5 Å². The van der Waals surface area contributed by atoms with Crippen LogP contribution in [-0.2, 0) is 6.42 Å². The summed E-state index contributed by atoms with van der Waals surface area (Å²) in [6.45, 7) is 5.34. The lowest BCUT2D eigenvalue weighted by atomic mass is 10.1. The Morgan fingerprint density at radius 2 is 2.12 bits per heavy atom. The van der Waals surface area contributed by atoms with Crippen LogP contribution in [0.25, 0.3) is 0 Å². The van der Waals surface area contributed by atoms with Gasteiger partial charge in [-0.2, -0.15) is 11.8 Å². The predicted molar refractivity (Wildman–Crippen MR) is 70.5 cm³/mol. The van der Waals surface area contributed by atoms with Crippen molar-refractivity contribution in [3.8, 4) is 0 Å². The number of nitrogens with one attached hydrogen (secondary N) is 1. The molecule has 0 aliphatic heterocycles. The Kier molecular flexibility index (Phi) is 5.85. The molecule has 0 spiro atoms. The number of halogens is 1. The zero-order valence-electron chi connectivity index (χ0n) is 10.2. The van der Waals surface area contributed by atoms with Crippen molar-refractivity contribution in [2.45, 2.75) is 31.6 Å². The van der Waals surface area contributed by atoms with Crippen molar-refractivity contribution in [2.24, 2.45) is 0 Å². The molecule has 0 aliphatic carbocycles. The first kappa shape index (κ1) is 13.5. The van der Waals surface area contributed by atoms with Gasteiger partial charge in [-0.1, -0.05) is 19.1 Å². The molecule has 0 radical (unpaired) electrons. The van der Waals surface area contributed by atoms with E-state index in [0.29, 0.717) is 11.3 Å². The second-order valence-corrected chi connectivity index (χ2v) is 5.47. The normalized spacial score (nSPS) is 14.8. The fraction of sp³-hybridized carbons (Fsp3) is 0.538. The minimum Gasteiger partial charge on any atom is -0.313 e. The zero-order chi connectivity index (χ0) is 12.0. The highest BCUT2D eigenvalue weighted by atomic mass is 32.2. The summed E-state index contributed by atoms with van der Waals surface area (Å²) in [4.78, 5) is 0. The molecule has 1 aromatic carbocycles. The van der Waals surface area contributed by atoms with Crippen LogP contribution in [0.5, 0.6) is 0 Å². The summed E-state index contributed by atoms with van der Waals surface area (Å²) in [6.07, 6.45) is 2.99. The van der Waals surface area contributed by atoms with Crippen LogP contribution in [0.2, 0.25) is 0 Å². The Morgan fingerprint density at radius 1 is 1.38 bits per heavy atom. The molecular formula is C13H20FNS. The first-order chi connectivity index (χ1) is 7.61. The van der Waals surface area contributed by atoms with Gasteiger partial charge >= 0.3 is 0 Å².